The van der Waals surface area contributed by atoms with Crippen LogP contribution in [0.15, 0.2) is 29.2 Å². The molecule has 0 heterocycles. The largest absolute Gasteiger partial charge is 0.393 e. The summed E-state index contributed by atoms with van der Waals surface area (Å²) in [5.74, 6) is 0. The molecule has 0 aromatic heterocycles. The Hall–Kier alpha value is -0.830. The molecule has 1 rings (SSSR count). The van der Waals surface area contributed by atoms with Crippen molar-refractivity contribution in [2.24, 2.45) is 5.73 Å². The third-order valence-corrected chi connectivity index (χ3v) is 5.62. The molecule has 2 atom stereocenters. The summed E-state index contributed by atoms with van der Waals surface area (Å²) in [5.41, 5.74) is 6.29. The van der Waals surface area contributed by atoms with E-state index >= 15 is 0 Å². The van der Waals surface area contributed by atoms with Crippen molar-refractivity contribution < 1.29 is 12.6 Å². The maximum atomic E-state index is 12.0. The molecule has 8 heteroatoms. The minimum atomic E-state index is -3.58. The Morgan fingerprint density at radius 3 is 2.40 bits per heavy atom. The van der Waals surface area contributed by atoms with Crippen LogP contribution in [0.4, 0.5) is 0 Å². The fourth-order valence-electron chi connectivity index (χ4n) is 1.42. The van der Waals surface area contributed by atoms with E-state index in [1.807, 2.05) is 0 Å². The summed E-state index contributed by atoms with van der Waals surface area (Å²) < 4.78 is 37.7. The quantitative estimate of drug-likeness (QED) is 0.711. The zero-order chi connectivity index (χ0) is 15.3. The normalized spacial score (nSPS) is 14.7. The lowest BCUT2D eigenvalue weighted by atomic mass is 10.1. The highest BCUT2D eigenvalue weighted by Crippen LogP contribution is 2.11. The summed E-state index contributed by atoms with van der Waals surface area (Å²) in [7, 11) is -4.65. The summed E-state index contributed by atoms with van der Waals surface area (Å²) in [6.07, 6.45) is 1.98. The molecule has 0 saturated heterocycles. The summed E-state index contributed by atoms with van der Waals surface area (Å²) >= 11 is 4.80. The van der Waals surface area contributed by atoms with Gasteiger partial charge in [-0.15, -0.1) is 0 Å². The molecule has 20 heavy (non-hydrogen) atoms. The first-order chi connectivity index (χ1) is 9.22. The van der Waals surface area contributed by atoms with Crippen LogP contribution in [0.5, 0.6) is 0 Å². The van der Waals surface area contributed by atoms with Crippen LogP contribution in [-0.4, -0.2) is 35.7 Å². The number of benzene rings is 1. The monoisotopic (exact) mass is 334 g/mol. The Morgan fingerprint density at radius 1 is 1.40 bits per heavy atom. The van der Waals surface area contributed by atoms with Gasteiger partial charge in [-0.25, -0.2) is 13.1 Å². The van der Waals surface area contributed by atoms with E-state index < -0.39 is 20.8 Å². The predicted octanol–water partition coefficient (Wildman–Crippen LogP) is 0.560. The second-order valence-electron chi connectivity index (χ2n) is 4.45. The van der Waals surface area contributed by atoms with Crippen molar-refractivity contribution in [2.75, 3.05) is 12.8 Å². The molecule has 0 radical (unpaired) electrons. The van der Waals surface area contributed by atoms with Crippen molar-refractivity contribution >= 4 is 38.0 Å². The van der Waals surface area contributed by atoms with E-state index in [1.165, 1.54) is 12.1 Å². The maximum Gasteiger partial charge on any atom is 0.240 e. The molecular formula is C12H18N2O3S3. The van der Waals surface area contributed by atoms with Crippen LogP contribution in [0.25, 0.3) is 0 Å². The molecule has 0 aliphatic rings. The molecule has 1 aromatic carbocycles. The minimum absolute atomic E-state index is 0.139. The molecule has 0 aliphatic heterocycles. The van der Waals surface area contributed by atoms with Crippen LogP contribution in [0, 0.1) is 0 Å². The van der Waals surface area contributed by atoms with Crippen molar-refractivity contribution in [2.45, 2.75) is 23.5 Å². The second-order valence-corrected chi connectivity index (χ2v) is 8.54. The lowest BCUT2D eigenvalue weighted by molar-refractivity contribution is 0.580. The Balaban J connectivity index is 2.77. The molecule has 3 N–H and O–H groups in total. The predicted molar refractivity (Wildman–Crippen MR) is 85.6 cm³/mol. The van der Waals surface area contributed by atoms with E-state index in [2.05, 4.69) is 4.72 Å². The van der Waals surface area contributed by atoms with Gasteiger partial charge in [0.25, 0.3) is 0 Å². The number of hydrogen-bond acceptors (Lipinski definition) is 4. The van der Waals surface area contributed by atoms with Gasteiger partial charge in [0.05, 0.1) is 9.88 Å². The van der Waals surface area contributed by atoms with Crippen LogP contribution in [-0.2, 0) is 27.2 Å². The van der Waals surface area contributed by atoms with Crippen molar-refractivity contribution in [1.29, 1.82) is 0 Å². The first-order valence-corrected chi connectivity index (χ1v) is 9.43. The molecule has 0 fully saturated rings. The number of hydrogen-bond donors (Lipinski definition) is 2. The van der Waals surface area contributed by atoms with Crippen LogP contribution in [0.2, 0.25) is 0 Å². The van der Waals surface area contributed by atoms with Crippen molar-refractivity contribution in [1.82, 2.24) is 4.72 Å². The van der Waals surface area contributed by atoms with Gasteiger partial charge in [-0.1, -0.05) is 24.4 Å². The van der Waals surface area contributed by atoms with Crippen molar-refractivity contribution in [3.63, 3.8) is 0 Å². The van der Waals surface area contributed by atoms with Gasteiger partial charge in [0.1, 0.15) is 0 Å². The Kier molecular flexibility index (Phi) is 6.25. The van der Waals surface area contributed by atoms with E-state index in [0.29, 0.717) is 11.4 Å². The summed E-state index contributed by atoms with van der Waals surface area (Å²) in [6, 6.07) is 6.36. The molecule has 1 aromatic rings. The van der Waals surface area contributed by atoms with Gasteiger partial charge >= 0.3 is 0 Å². The van der Waals surface area contributed by atoms with E-state index in [4.69, 9.17) is 18.0 Å². The minimum Gasteiger partial charge on any atom is -0.393 e. The van der Waals surface area contributed by atoms with E-state index in [-0.39, 0.29) is 16.7 Å². The molecule has 112 valence electrons. The highest BCUT2D eigenvalue weighted by atomic mass is 32.2. The average Bonchev–Trinajstić information content (AvgIpc) is 2.35. The van der Waals surface area contributed by atoms with Crippen LogP contribution >= 0.6 is 12.2 Å². The first-order valence-electron chi connectivity index (χ1n) is 5.91. The molecule has 5 nitrogen and oxygen atoms in total. The highest BCUT2D eigenvalue weighted by molar-refractivity contribution is 7.89. The third kappa shape index (κ3) is 5.28. The van der Waals surface area contributed by atoms with Gasteiger partial charge < -0.3 is 5.73 Å². The van der Waals surface area contributed by atoms with E-state index in [0.717, 1.165) is 5.56 Å². The second kappa shape index (κ2) is 7.26. The van der Waals surface area contributed by atoms with Gasteiger partial charge in [-0.3, -0.25) is 4.21 Å². The van der Waals surface area contributed by atoms with Crippen LogP contribution in [0.3, 0.4) is 0 Å². The van der Waals surface area contributed by atoms with Gasteiger partial charge in [-0.2, -0.15) is 0 Å². The van der Waals surface area contributed by atoms with Crippen LogP contribution in [0.1, 0.15) is 12.5 Å². The lowest BCUT2D eigenvalue weighted by Gasteiger charge is -2.11. The summed E-state index contributed by atoms with van der Waals surface area (Å²) in [6.45, 7) is 1.87. The van der Waals surface area contributed by atoms with Crippen LogP contribution < -0.4 is 10.5 Å². The van der Waals surface area contributed by atoms with E-state index in [9.17, 15) is 12.6 Å². The number of sulfonamides is 1. The van der Waals surface area contributed by atoms with Crippen molar-refractivity contribution in [3.05, 3.63) is 29.8 Å². The standard InChI is InChI=1S/C12H18N2O3S3/c1-9(19(2)15)8-14-20(16,17)11-5-3-10(4-6-11)7-12(13)18/h3-6,9,14H,7-8H2,1-2H3,(H2,13,18). The number of nitrogens with one attached hydrogen (secondary N) is 1. The molecule has 0 spiro atoms. The zero-order valence-electron chi connectivity index (χ0n) is 11.3. The number of thiocarbonyl (C=S) groups is 1. The SMILES string of the molecule is CC(CNS(=O)(=O)c1ccc(CC(N)=S)cc1)S(C)=O. The maximum absolute atomic E-state index is 12.0. The highest BCUT2D eigenvalue weighted by Gasteiger charge is 2.16. The third-order valence-electron chi connectivity index (χ3n) is 2.74. The molecule has 0 bridgehead atoms. The van der Waals surface area contributed by atoms with E-state index in [1.54, 1.807) is 25.3 Å². The molecule has 0 amide bonds. The van der Waals surface area contributed by atoms with Gasteiger partial charge in [0.2, 0.25) is 10.0 Å². The van der Waals surface area contributed by atoms with Crippen molar-refractivity contribution in [3.8, 4) is 0 Å². The Bertz CT molecular complexity index is 597. The van der Waals surface area contributed by atoms with Gasteiger partial charge in [-0.05, 0) is 24.6 Å². The lowest BCUT2D eigenvalue weighted by Crippen LogP contribution is -2.32. The molecular weight excluding hydrogens is 316 g/mol. The summed E-state index contributed by atoms with van der Waals surface area (Å²) in [5, 5.41) is -0.237. The zero-order valence-corrected chi connectivity index (χ0v) is 13.8. The number of rotatable bonds is 7. The smallest absolute Gasteiger partial charge is 0.240 e. The Labute approximate surface area is 127 Å². The first kappa shape index (κ1) is 17.2. The Morgan fingerprint density at radius 2 is 1.95 bits per heavy atom. The topological polar surface area (TPSA) is 89.3 Å². The molecule has 0 saturated carbocycles. The van der Waals surface area contributed by atoms with Gasteiger partial charge in [0.15, 0.2) is 0 Å². The van der Waals surface area contributed by atoms with Gasteiger partial charge in [0, 0.05) is 35.3 Å². The fraction of sp³-hybridized carbons (Fsp3) is 0.417. The molecule has 0 aliphatic carbocycles. The summed E-state index contributed by atoms with van der Waals surface area (Å²) in [4.78, 5) is 0.524. The molecule has 2 unspecified atom stereocenters. The number of nitrogens with two attached hydrogens (primary N) is 1. The fourth-order valence-corrected chi connectivity index (χ4v) is 3.14. The average molecular weight is 334 g/mol.